The number of aryl methyl sites for hydroxylation is 2. The van der Waals surface area contributed by atoms with Crippen molar-refractivity contribution in [3.8, 4) is 17.2 Å². The van der Waals surface area contributed by atoms with Crippen LogP contribution >= 0.6 is 0 Å². The maximum Gasteiger partial charge on any atom is 0.272 e. The summed E-state index contributed by atoms with van der Waals surface area (Å²) in [6, 6.07) is 14.3. The Morgan fingerprint density at radius 1 is 1.10 bits per heavy atom. The Labute approximate surface area is 170 Å². The maximum absolute atomic E-state index is 12.6. The molecule has 3 aromatic carbocycles. The highest BCUT2D eigenvalue weighted by atomic mass is 16.6. The first-order valence-electron chi connectivity index (χ1n) is 9.09. The number of oxazole rings is 1. The molecule has 0 spiro atoms. The van der Waals surface area contributed by atoms with Crippen LogP contribution in [0.5, 0.6) is 5.75 Å². The lowest BCUT2D eigenvalue weighted by Gasteiger charge is -2.08. The topological polar surface area (TPSA) is 118 Å². The number of phenolic OH excluding ortho intramolecular Hbond substituents is 1. The Morgan fingerprint density at radius 2 is 1.90 bits per heavy atom. The summed E-state index contributed by atoms with van der Waals surface area (Å²) in [7, 11) is 0. The molecule has 1 heterocycles. The number of nitrogens with one attached hydrogen (secondary N) is 1. The molecule has 4 rings (SSSR count). The Kier molecular flexibility index (Phi) is 4.67. The molecule has 0 atom stereocenters. The van der Waals surface area contributed by atoms with Gasteiger partial charge in [-0.2, -0.15) is 0 Å². The number of benzene rings is 3. The van der Waals surface area contributed by atoms with E-state index in [-0.39, 0.29) is 22.9 Å². The summed E-state index contributed by atoms with van der Waals surface area (Å²) in [5, 5.41) is 23.9. The van der Waals surface area contributed by atoms with Crippen molar-refractivity contribution in [3.63, 3.8) is 0 Å². The number of anilines is 1. The van der Waals surface area contributed by atoms with Crippen molar-refractivity contribution < 1.29 is 19.2 Å². The minimum absolute atomic E-state index is 0.0394. The average molecular weight is 403 g/mol. The van der Waals surface area contributed by atoms with Crippen LogP contribution in [0.15, 0.2) is 59.0 Å². The third-order valence-electron chi connectivity index (χ3n) is 4.68. The van der Waals surface area contributed by atoms with E-state index in [1.807, 2.05) is 19.1 Å². The number of rotatable bonds is 4. The van der Waals surface area contributed by atoms with Crippen LogP contribution in [0.2, 0.25) is 0 Å². The summed E-state index contributed by atoms with van der Waals surface area (Å²) in [4.78, 5) is 27.4. The smallest absolute Gasteiger partial charge is 0.272 e. The lowest BCUT2D eigenvalue weighted by molar-refractivity contribution is -0.385. The van der Waals surface area contributed by atoms with E-state index in [1.54, 1.807) is 25.1 Å². The number of amides is 1. The second-order valence-corrected chi connectivity index (χ2v) is 6.93. The summed E-state index contributed by atoms with van der Waals surface area (Å²) >= 11 is 0. The van der Waals surface area contributed by atoms with Gasteiger partial charge in [-0.3, -0.25) is 14.9 Å². The fraction of sp³-hybridized carbons (Fsp3) is 0.0909. The average Bonchev–Trinajstić information content (AvgIpc) is 3.11. The zero-order chi connectivity index (χ0) is 21.4. The SMILES string of the molecule is Cc1ccc2oc(-c3cc(NC(=O)c4ccc([N+](=O)[O-])c(C)c4)ccc3O)nc2c1. The standard InChI is InChI=1S/C22H17N3O5/c1-12-3-8-20-17(9-12)24-22(30-20)16-11-15(5-7-19(16)26)23-21(27)14-4-6-18(25(28)29)13(2)10-14/h3-11,26H,1-2H3,(H,23,27). The van der Waals surface area contributed by atoms with Crippen LogP contribution in [-0.2, 0) is 0 Å². The summed E-state index contributed by atoms with van der Waals surface area (Å²) in [6.45, 7) is 3.52. The lowest BCUT2D eigenvalue weighted by Crippen LogP contribution is -2.12. The van der Waals surface area contributed by atoms with Gasteiger partial charge in [0.05, 0.1) is 10.5 Å². The number of hydrogen-bond acceptors (Lipinski definition) is 6. The van der Waals surface area contributed by atoms with Crippen molar-refractivity contribution in [1.82, 2.24) is 4.98 Å². The number of fused-ring (bicyclic) bond motifs is 1. The van der Waals surface area contributed by atoms with Crippen LogP contribution in [0.3, 0.4) is 0 Å². The van der Waals surface area contributed by atoms with E-state index in [2.05, 4.69) is 10.3 Å². The summed E-state index contributed by atoms with van der Waals surface area (Å²) in [5.74, 6) is -0.240. The van der Waals surface area contributed by atoms with E-state index in [1.165, 1.54) is 24.3 Å². The predicted molar refractivity (Wildman–Crippen MR) is 112 cm³/mol. The molecule has 0 bridgehead atoms. The molecule has 0 radical (unpaired) electrons. The third kappa shape index (κ3) is 3.58. The molecule has 0 aliphatic carbocycles. The molecule has 150 valence electrons. The highest BCUT2D eigenvalue weighted by Gasteiger charge is 2.16. The third-order valence-corrected chi connectivity index (χ3v) is 4.68. The van der Waals surface area contributed by atoms with Crippen molar-refractivity contribution in [2.75, 3.05) is 5.32 Å². The molecule has 0 saturated heterocycles. The number of hydrogen-bond donors (Lipinski definition) is 2. The van der Waals surface area contributed by atoms with Gasteiger partial charge in [-0.15, -0.1) is 0 Å². The number of nitro groups is 1. The van der Waals surface area contributed by atoms with Crippen molar-refractivity contribution in [2.24, 2.45) is 0 Å². The first kappa shape index (κ1) is 19.1. The fourth-order valence-corrected chi connectivity index (χ4v) is 3.14. The second kappa shape index (κ2) is 7.32. The van der Waals surface area contributed by atoms with Crippen molar-refractivity contribution in [3.05, 3.63) is 81.4 Å². The molecule has 0 saturated carbocycles. The first-order valence-corrected chi connectivity index (χ1v) is 9.09. The molecule has 1 aromatic heterocycles. The summed E-state index contributed by atoms with van der Waals surface area (Å²) < 4.78 is 5.74. The maximum atomic E-state index is 12.6. The highest BCUT2D eigenvalue weighted by Crippen LogP contribution is 2.33. The molecule has 0 fully saturated rings. The van der Waals surface area contributed by atoms with Gasteiger partial charge in [0.25, 0.3) is 11.6 Å². The van der Waals surface area contributed by atoms with Crippen molar-refractivity contribution >= 4 is 28.4 Å². The number of carbonyl (C=O) groups is 1. The highest BCUT2D eigenvalue weighted by molar-refractivity contribution is 6.05. The van der Waals surface area contributed by atoms with E-state index >= 15 is 0 Å². The number of carbonyl (C=O) groups excluding carboxylic acids is 1. The molecular weight excluding hydrogens is 386 g/mol. The number of nitrogens with zero attached hydrogens (tertiary/aromatic N) is 2. The Bertz CT molecular complexity index is 1310. The van der Waals surface area contributed by atoms with E-state index in [0.29, 0.717) is 27.9 Å². The van der Waals surface area contributed by atoms with Crippen molar-refractivity contribution in [1.29, 1.82) is 0 Å². The van der Waals surface area contributed by atoms with Crippen LogP contribution in [0.4, 0.5) is 11.4 Å². The van der Waals surface area contributed by atoms with Gasteiger partial charge in [0, 0.05) is 22.9 Å². The van der Waals surface area contributed by atoms with Crippen LogP contribution in [0.1, 0.15) is 21.5 Å². The van der Waals surface area contributed by atoms with E-state index in [0.717, 1.165) is 5.56 Å². The molecule has 30 heavy (non-hydrogen) atoms. The predicted octanol–water partition coefficient (Wildman–Crippen LogP) is 4.98. The largest absolute Gasteiger partial charge is 0.507 e. The van der Waals surface area contributed by atoms with Gasteiger partial charge < -0.3 is 14.8 Å². The van der Waals surface area contributed by atoms with Crippen molar-refractivity contribution in [2.45, 2.75) is 13.8 Å². The van der Waals surface area contributed by atoms with Crippen LogP contribution in [-0.4, -0.2) is 20.9 Å². The van der Waals surface area contributed by atoms with Crippen LogP contribution < -0.4 is 5.32 Å². The minimum Gasteiger partial charge on any atom is -0.507 e. The zero-order valence-electron chi connectivity index (χ0n) is 16.2. The molecule has 8 heteroatoms. The van der Waals surface area contributed by atoms with Gasteiger partial charge in [-0.25, -0.2) is 4.98 Å². The zero-order valence-corrected chi connectivity index (χ0v) is 16.2. The van der Waals surface area contributed by atoms with Gasteiger partial charge in [-0.1, -0.05) is 6.07 Å². The second-order valence-electron chi connectivity index (χ2n) is 6.93. The summed E-state index contributed by atoms with van der Waals surface area (Å²) in [5.41, 5.74) is 3.66. The Hall–Kier alpha value is -4.20. The van der Waals surface area contributed by atoms with Gasteiger partial charge in [-0.05, 0) is 61.9 Å². The number of phenols is 1. The Morgan fingerprint density at radius 3 is 2.63 bits per heavy atom. The number of nitro benzene ring substituents is 1. The minimum atomic E-state index is -0.495. The number of aromatic hydroxyl groups is 1. The molecular formula is C22H17N3O5. The molecule has 1 amide bonds. The van der Waals surface area contributed by atoms with E-state index < -0.39 is 10.8 Å². The molecule has 8 nitrogen and oxygen atoms in total. The first-order chi connectivity index (χ1) is 14.3. The fourth-order valence-electron chi connectivity index (χ4n) is 3.14. The summed E-state index contributed by atoms with van der Waals surface area (Å²) in [6.07, 6.45) is 0. The Balaban J connectivity index is 1.63. The van der Waals surface area contributed by atoms with Gasteiger partial charge in [0.15, 0.2) is 5.58 Å². The lowest BCUT2D eigenvalue weighted by atomic mass is 10.1. The van der Waals surface area contributed by atoms with Gasteiger partial charge in [0.2, 0.25) is 5.89 Å². The van der Waals surface area contributed by atoms with Gasteiger partial charge in [0.1, 0.15) is 11.3 Å². The molecule has 4 aromatic rings. The van der Waals surface area contributed by atoms with E-state index in [9.17, 15) is 20.0 Å². The molecule has 2 N–H and O–H groups in total. The normalized spacial score (nSPS) is 10.9. The van der Waals surface area contributed by atoms with Crippen LogP contribution in [0, 0.1) is 24.0 Å². The number of aromatic nitrogens is 1. The van der Waals surface area contributed by atoms with E-state index in [4.69, 9.17) is 4.42 Å². The van der Waals surface area contributed by atoms with Gasteiger partial charge >= 0.3 is 0 Å². The molecule has 0 aliphatic rings. The molecule has 0 unspecified atom stereocenters. The quantitative estimate of drug-likeness (QED) is 0.282. The molecule has 0 aliphatic heterocycles. The van der Waals surface area contributed by atoms with Crippen LogP contribution in [0.25, 0.3) is 22.6 Å². The monoisotopic (exact) mass is 403 g/mol.